The summed E-state index contributed by atoms with van der Waals surface area (Å²) < 4.78 is 0. The van der Waals surface area contributed by atoms with E-state index in [1.54, 1.807) is 11.3 Å². The largest absolute Gasteiger partial charge is 0.308 e. The van der Waals surface area contributed by atoms with Gasteiger partial charge in [0.2, 0.25) is 0 Å². The first-order valence-electron chi connectivity index (χ1n) is 7.88. The molecular weight excluding hydrogens is 278 g/mol. The lowest BCUT2D eigenvalue weighted by atomic mass is 9.86. The van der Waals surface area contributed by atoms with E-state index in [0.29, 0.717) is 11.8 Å². The zero-order valence-electron chi connectivity index (χ0n) is 12.7. The first-order valence-corrected chi connectivity index (χ1v) is 8.70. The van der Waals surface area contributed by atoms with Gasteiger partial charge in [-0.05, 0) is 24.3 Å². The molecule has 2 aromatic rings. The van der Waals surface area contributed by atoms with E-state index in [1.807, 2.05) is 0 Å². The molecule has 0 bridgehead atoms. The Bertz CT molecular complexity index is 562. The van der Waals surface area contributed by atoms with Crippen molar-refractivity contribution in [2.75, 3.05) is 0 Å². The predicted molar refractivity (Wildman–Crippen MR) is 87.5 cm³/mol. The lowest BCUT2D eigenvalue weighted by Gasteiger charge is -2.20. The molecule has 3 rings (SSSR count). The van der Waals surface area contributed by atoms with Crippen LogP contribution in [-0.4, -0.2) is 16.2 Å². The normalized spacial score (nSPS) is 17.6. The highest BCUT2D eigenvalue weighted by Gasteiger charge is 2.25. The average molecular weight is 301 g/mol. The van der Waals surface area contributed by atoms with E-state index in [-0.39, 0.29) is 0 Å². The van der Waals surface area contributed by atoms with Crippen LogP contribution in [0.4, 0.5) is 0 Å². The molecule has 2 unspecified atom stereocenters. The Morgan fingerprint density at radius 1 is 1.24 bits per heavy atom. The summed E-state index contributed by atoms with van der Waals surface area (Å²) in [6.45, 7) is 5.42. The summed E-state index contributed by atoms with van der Waals surface area (Å²) in [6.07, 6.45) is 3.77. The Morgan fingerprint density at radius 2 is 2.00 bits per heavy atom. The lowest BCUT2D eigenvalue weighted by molar-refractivity contribution is 0.492. The van der Waals surface area contributed by atoms with Crippen LogP contribution < -0.4 is 5.32 Å². The van der Waals surface area contributed by atoms with Crippen molar-refractivity contribution in [3.63, 3.8) is 0 Å². The number of benzene rings is 1. The van der Waals surface area contributed by atoms with Crippen molar-refractivity contribution >= 4 is 11.3 Å². The zero-order chi connectivity index (χ0) is 14.7. The van der Waals surface area contributed by atoms with Gasteiger partial charge in [0.1, 0.15) is 10.0 Å². The summed E-state index contributed by atoms with van der Waals surface area (Å²) in [6, 6.07) is 11.4. The summed E-state index contributed by atoms with van der Waals surface area (Å²) in [4.78, 5) is 0. The topological polar surface area (TPSA) is 37.8 Å². The van der Waals surface area contributed by atoms with Crippen molar-refractivity contribution in [1.29, 1.82) is 0 Å². The van der Waals surface area contributed by atoms with Crippen molar-refractivity contribution < 1.29 is 0 Å². The standard InChI is InChI=1S/C17H23N3S/c1-3-12(2)16(13-7-5-4-6-8-13)17-20-19-15(21-17)11-18-14-9-10-14/h4-8,12,14,16,18H,3,9-11H2,1-2H3. The van der Waals surface area contributed by atoms with Crippen LogP contribution >= 0.6 is 11.3 Å². The molecule has 1 aliphatic carbocycles. The number of hydrogen-bond donors (Lipinski definition) is 1. The minimum Gasteiger partial charge on any atom is -0.308 e. The van der Waals surface area contributed by atoms with Crippen LogP contribution in [0.5, 0.6) is 0 Å². The van der Waals surface area contributed by atoms with Gasteiger partial charge in [-0.3, -0.25) is 0 Å². The Kier molecular flexibility index (Phi) is 4.66. The van der Waals surface area contributed by atoms with Crippen molar-refractivity contribution in [1.82, 2.24) is 15.5 Å². The Labute approximate surface area is 130 Å². The molecule has 0 radical (unpaired) electrons. The highest BCUT2D eigenvalue weighted by Crippen LogP contribution is 2.35. The van der Waals surface area contributed by atoms with E-state index >= 15 is 0 Å². The molecule has 0 saturated heterocycles. The SMILES string of the molecule is CCC(C)C(c1ccccc1)c1nnc(CNC2CC2)s1. The van der Waals surface area contributed by atoms with Crippen LogP contribution in [0.3, 0.4) is 0 Å². The molecule has 3 nitrogen and oxygen atoms in total. The van der Waals surface area contributed by atoms with E-state index in [4.69, 9.17) is 0 Å². The van der Waals surface area contributed by atoms with Gasteiger partial charge >= 0.3 is 0 Å². The molecule has 0 amide bonds. The Hall–Kier alpha value is -1.26. The van der Waals surface area contributed by atoms with E-state index < -0.39 is 0 Å². The maximum atomic E-state index is 4.49. The second kappa shape index (κ2) is 6.67. The monoisotopic (exact) mass is 301 g/mol. The highest BCUT2D eigenvalue weighted by atomic mass is 32.1. The third-order valence-electron chi connectivity index (χ3n) is 4.24. The summed E-state index contributed by atoms with van der Waals surface area (Å²) in [7, 11) is 0. The summed E-state index contributed by atoms with van der Waals surface area (Å²) >= 11 is 1.76. The van der Waals surface area contributed by atoms with Gasteiger partial charge < -0.3 is 5.32 Å². The fourth-order valence-electron chi connectivity index (χ4n) is 2.59. The first-order chi connectivity index (χ1) is 10.3. The molecule has 2 atom stereocenters. The highest BCUT2D eigenvalue weighted by molar-refractivity contribution is 7.11. The fourth-order valence-corrected chi connectivity index (χ4v) is 3.65. The molecule has 1 aliphatic rings. The lowest BCUT2D eigenvalue weighted by Crippen LogP contribution is -2.14. The maximum absolute atomic E-state index is 4.49. The van der Waals surface area contributed by atoms with Crippen LogP contribution in [0.2, 0.25) is 0 Å². The third-order valence-corrected chi connectivity index (χ3v) is 5.25. The number of hydrogen-bond acceptors (Lipinski definition) is 4. The molecular formula is C17H23N3S. The van der Waals surface area contributed by atoms with Gasteiger partial charge in [-0.1, -0.05) is 61.9 Å². The minimum atomic E-state index is 0.364. The maximum Gasteiger partial charge on any atom is 0.131 e. The summed E-state index contributed by atoms with van der Waals surface area (Å²) in [5.41, 5.74) is 1.35. The van der Waals surface area contributed by atoms with Gasteiger partial charge in [-0.2, -0.15) is 0 Å². The van der Waals surface area contributed by atoms with Crippen LogP contribution in [0.15, 0.2) is 30.3 Å². The fraction of sp³-hybridized carbons (Fsp3) is 0.529. The second-order valence-corrected chi connectivity index (χ2v) is 7.06. The van der Waals surface area contributed by atoms with Gasteiger partial charge in [0.25, 0.3) is 0 Å². The van der Waals surface area contributed by atoms with Gasteiger partial charge in [-0.25, -0.2) is 0 Å². The van der Waals surface area contributed by atoms with Crippen molar-refractivity contribution in [3.8, 4) is 0 Å². The van der Waals surface area contributed by atoms with E-state index in [0.717, 1.165) is 29.0 Å². The number of nitrogens with one attached hydrogen (secondary N) is 1. The number of rotatable bonds is 7. The van der Waals surface area contributed by atoms with E-state index in [9.17, 15) is 0 Å². The number of nitrogens with zero attached hydrogens (tertiary/aromatic N) is 2. The summed E-state index contributed by atoms with van der Waals surface area (Å²) in [5.74, 6) is 0.938. The van der Waals surface area contributed by atoms with E-state index in [2.05, 4.69) is 59.7 Å². The quantitative estimate of drug-likeness (QED) is 0.841. The minimum absolute atomic E-state index is 0.364. The van der Waals surface area contributed by atoms with Crippen molar-refractivity contribution in [3.05, 3.63) is 45.9 Å². The predicted octanol–water partition coefficient (Wildman–Crippen LogP) is 3.97. The van der Waals surface area contributed by atoms with Gasteiger partial charge in [0.05, 0.1) is 0 Å². The molecule has 4 heteroatoms. The van der Waals surface area contributed by atoms with Crippen LogP contribution in [0, 0.1) is 5.92 Å². The molecule has 1 aromatic heterocycles. The molecule has 0 spiro atoms. The summed E-state index contributed by atoms with van der Waals surface area (Å²) in [5, 5.41) is 14.7. The van der Waals surface area contributed by atoms with Crippen LogP contribution in [0.25, 0.3) is 0 Å². The molecule has 1 fully saturated rings. The van der Waals surface area contributed by atoms with E-state index in [1.165, 1.54) is 18.4 Å². The first kappa shape index (κ1) is 14.7. The molecule has 1 N–H and O–H groups in total. The smallest absolute Gasteiger partial charge is 0.131 e. The van der Waals surface area contributed by atoms with Gasteiger partial charge in [-0.15, -0.1) is 10.2 Å². The molecule has 21 heavy (non-hydrogen) atoms. The Morgan fingerprint density at radius 3 is 2.67 bits per heavy atom. The van der Waals surface area contributed by atoms with Crippen LogP contribution in [-0.2, 0) is 6.54 Å². The molecule has 112 valence electrons. The Balaban J connectivity index is 1.79. The average Bonchev–Trinajstić information content (AvgIpc) is 3.25. The second-order valence-electron chi connectivity index (χ2n) is 5.96. The molecule has 1 saturated carbocycles. The number of aromatic nitrogens is 2. The van der Waals surface area contributed by atoms with Crippen LogP contribution in [0.1, 0.15) is 54.6 Å². The molecule has 1 heterocycles. The molecule has 0 aliphatic heterocycles. The van der Waals surface area contributed by atoms with Crippen molar-refractivity contribution in [2.24, 2.45) is 5.92 Å². The van der Waals surface area contributed by atoms with Crippen molar-refractivity contribution in [2.45, 2.75) is 51.6 Å². The zero-order valence-corrected chi connectivity index (χ0v) is 13.6. The third kappa shape index (κ3) is 3.69. The van der Waals surface area contributed by atoms with Gasteiger partial charge in [0, 0.05) is 18.5 Å². The van der Waals surface area contributed by atoms with Gasteiger partial charge in [0.15, 0.2) is 0 Å². The molecule has 1 aromatic carbocycles.